The SMILES string of the molecule is CCNC(=NCCS(=O)(=O)CC)NC(C)c1ccc(C)c(F)c1.I. The van der Waals surface area contributed by atoms with E-state index in [-0.39, 0.29) is 53.9 Å². The molecule has 0 radical (unpaired) electrons. The minimum absolute atomic E-state index is 0. The van der Waals surface area contributed by atoms with E-state index in [2.05, 4.69) is 15.6 Å². The van der Waals surface area contributed by atoms with E-state index in [1.807, 2.05) is 19.9 Å². The van der Waals surface area contributed by atoms with Crippen molar-refractivity contribution in [2.75, 3.05) is 24.6 Å². The molecule has 0 aliphatic carbocycles. The lowest BCUT2D eigenvalue weighted by Crippen LogP contribution is -2.39. The Bertz CT molecular complexity index is 651. The van der Waals surface area contributed by atoms with Gasteiger partial charge in [0.05, 0.1) is 18.3 Å². The van der Waals surface area contributed by atoms with Gasteiger partial charge < -0.3 is 10.6 Å². The summed E-state index contributed by atoms with van der Waals surface area (Å²) in [6, 6.07) is 4.95. The van der Waals surface area contributed by atoms with E-state index in [4.69, 9.17) is 0 Å². The zero-order chi connectivity index (χ0) is 17.5. The second-order valence-electron chi connectivity index (χ2n) is 5.37. The van der Waals surface area contributed by atoms with Crippen LogP contribution in [0.1, 0.15) is 37.9 Å². The Morgan fingerprint density at radius 1 is 1.33 bits per heavy atom. The molecule has 2 N–H and O–H groups in total. The maximum Gasteiger partial charge on any atom is 0.191 e. The van der Waals surface area contributed by atoms with Gasteiger partial charge in [-0.25, -0.2) is 12.8 Å². The zero-order valence-electron chi connectivity index (χ0n) is 14.6. The zero-order valence-corrected chi connectivity index (χ0v) is 17.7. The molecule has 0 amide bonds. The van der Waals surface area contributed by atoms with Crippen LogP contribution in [0.25, 0.3) is 0 Å². The second kappa shape index (κ2) is 10.9. The molecule has 1 aromatic rings. The molecule has 0 saturated heterocycles. The minimum atomic E-state index is -3.03. The van der Waals surface area contributed by atoms with Crippen molar-refractivity contribution >= 4 is 39.8 Å². The van der Waals surface area contributed by atoms with E-state index in [0.29, 0.717) is 18.1 Å². The van der Waals surface area contributed by atoms with Crippen molar-refractivity contribution in [3.05, 3.63) is 35.1 Å². The molecule has 1 rings (SSSR count). The standard InChI is InChI=1S/C16H26FN3O2S.HI/c1-5-18-16(19-9-10-23(21,22)6-2)20-13(4)14-8-7-12(3)15(17)11-14;/h7-8,11,13H,5-6,9-10H2,1-4H3,(H2,18,19,20);1H. The number of aliphatic imine (C=N–C) groups is 1. The molecule has 0 aliphatic heterocycles. The summed E-state index contributed by atoms with van der Waals surface area (Å²) >= 11 is 0. The normalized spacial score (nSPS) is 13.1. The van der Waals surface area contributed by atoms with Gasteiger partial charge in [0.25, 0.3) is 0 Å². The first-order chi connectivity index (χ1) is 10.8. The van der Waals surface area contributed by atoms with Crippen LogP contribution in [-0.4, -0.2) is 39.0 Å². The Balaban J connectivity index is 0.00000529. The highest BCUT2D eigenvalue weighted by Gasteiger charge is 2.11. The van der Waals surface area contributed by atoms with Crippen molar-refractivity contribution in [2.24, 2.45) is 4.99 Å². The van der Waals surface area contributed by atoms with E-state index >= 15 is 0 Å². The van der Waals surface area contributed by atoms with Crippen molar-refractivity contribution < 1.29 is 12.8 Å². The Hall–Kier alpha value is -0.900. The Morgan fingerprint density at radius 2 is 2.00 bits per heavy atom. The molecule has 0 aliphatic rings. The summed E-state index contributed by atoms with van der Waals surface area (Å²) in [5.74, 6) is 0.415. The molecular formula is C16H27FIN3O2S. The fourth-order valence-corrected chi connectivity index (χ4v) is 2.59. The highest BCUT2D eigenvalue weighted by molar-refractivity contribution is 14.0. The number of benzene rings is 1. The molecule has 24 heavy (non-hydrogen) atoms. The molecule has 1 unspecified atom stereocenters. The van der Waals surface area contributed by atoms with E-state index in [9.17, 15) is 12.8 Å². The van der Waals surface area contributed by atoms with Gasteiger partial charge in [0.1, 0.15) is 5.82 Å². The summed E-state index contributed by atoms with van der Waals surface area (Å²) in [5, 5.41) is 6.23. The first-order valence-electron chi connectivity index (χ1n) is 7.80. The molecule has 138 valence electrons. The number of hydrogen-bond donors (Lipinski definition) is 2. The number of halogens is 2. The summed E-state index contributed by atoms with van der Waals surface area (Å²) in [7, 11) is -3.03. The number of sulfone groups is 1. The summed E-state index contributed by atoms with van der Waals surface area (Å²) in [6.07, 6.45) is 0. The molecule has 1 aromatic carbocycles. The lowest BCUT2D eigenvalue weighted by molar-refractivity contribution is 0.596. The molecular weight excluding hydrogens is 444 g/mol. The van der Waals surface area contributed by atoms with Crippen LogP contribution in [0.15, 0.2) is 23.2 Å². The van der Waals surface area contributed by atoms with Gasteiger partial charge >= 0.3 is 0 Å². The van der Waals surface area contributed by atoms with E-state index in [1.165, 1.54) is 6.07 Å². The molecule has 0 heterocycles. The Morgan fingerprint density at radius 3 is 2.54 bits per heavy atom. The van der Waals surface area contributed by atoms with Gasteiger partial charge in [-0.1, -0.05) is 19.1 Å². The number of nitrogens with zero attached hydrogens (tertiary/aromatic N) is 1. The van der Waals surface area contributed by atoms with Crippen molar-refractivity contribution in [1.29, 1.82) is 0 Å². The number of rotatable bonds is 7. The highest BCUT2D eigenvalue weighted by atomic mass is 127. The fourth-order valence-electron chi connectivity index (χ4n) is 1.93. The molecule has 0 fully saturated rings. The summed E-state index contributed by atoms with van der Waals surface area (Å²) in [6.45, 7) is 8.02. The van der Waals surface area contributed by atoms with Crippen LogP contribution < -0.4 is 10.6 Å². The van der Waals surface area contributed by atoms with Crippen LogP contribution in [0.4, 0.5) is 4.39 Å². The summed E-state index contributed by atoms with van der Waals surface area (Å²) in [5.41, 5.74) is 1.41. The van der Waals surface area contributed by atoms with Gasteiger partial charge in [0, 0.05) is 12.3 Å². The third-order valence-electron chi connectivity index (χ3n) is 3.51. The van der Waals surface area contributed by atoms with Gasteiger partial charge in [-0.15, -0.1) is 24.0 Å². The van der Waals surface area contributed by atoms with Crippen LogP contribution in [-0.2, 0) is 9.84 Å². The van der Waals surface area contributed by atoms with Crippen molar-refractivity contribution in [1.82, 2.24) is 10.6 Å². The molecule has 0 spiro atoms. The van der Waals surface area contributed by atoms with E-state index in [1.54, 1.807) is 19.9 Å². The molecule has 0 saturated carbocycles. The van der Waals surface area contributed by atoms with Crippen LogP contribution in [0.5, 0.6) is 0 Å². The Kier molecular flexibility index (Phi) is 10.5. The maximum absolute atomic E-state index is 13.7. The molecule has 8 heteroatoms. The van der Waals surface area contributed by atoms with Gasteiger partial charge in [-0.2, -0.15) is 0 Å². The van der Waals surface area contributed by atoms with Crippen LogP contribution >= 0.6 is 24.0 Å². The third-order valence-corrected chi connectivity index (χ3v) is 5.19. The minimum Gasteiger partial charge on any atom is -0.357 e. The first-order valence-corrected chi connectivity index (χ1v) is 9.62. The number of nitrogens with one attached hydrogen (secondary N) is 2. The smallest absolute Gasteiger partial charge is 0.191 e. The van der Waals surface area contributed by atoms with Crippen molar-refractivity contribution in [3.63, 3.8) is 0 Å². The lowest BCUT2D eigenvalue weighted by Gasteiger charge is -2.18. The molecule has 5 nitrogen and oxygen atoms in total. The van der Waals surface area contributed by atoms with Crippen molar-refractivity contribution in [3.8, 4) is 0 Å². The quantitative estimate of drug-likeness (QED) is 0.365. The maximum atomic E-state index is 13.7. The van der Waals surface area contributed by atoms with Crippen LogP contribution in [0, 0.1) is 12.7 Å². The fraction of sp³-hybridized carbons (Fsp3) is 0.562. The van der Waals surface area contributed by atoms with Gasteiger partial charge in [-0.05, 0) is 38.0 Å². The predicted molar refractivity (Wildman–Crippen MR) is 108 cm³/mol. The van der Waals surface area contributed by atoms with E-state index in [0.717, 1.165) is 5.56 Å². The van der Waals surface area contributed by atoms with Gasteiger partial charge in [-0.3, -0.25) is 4.99 Å². The summed E-state index contributed by atoms with van der Waals surface area (Å²) < 4.78 is 36.7. The lowest BCUT2D eigenvalue weighted by atomic mass is 10.1. The third kappa shape index (κ3) is 7.78. The number of guanidine groups is 1. The van der Waals surface area contributed by atoms with Crippen LogP contribution in [0.2, 0.25) is 0 Å². The topological polar surface area (TPSA) is 70.6 Å². The average Bonchev–Trinajstić information content (AvgIpc) is 2.50. The van der Waals surface area contributed by atoms with E-state index < -0.39 is 9.84 Å². The number of aryl methyl sites for hydroxylation is 1. The number of hydrogen-bond acceptors (Lipinski definition) is 3. The molecule has 1 atom stereocenters. The van der Waals surface area contributed by atoms with Gasteiger partial charge in [0.2, 0.25) is 0 Å². The predicted octanol–water partition coefficient (Wildman–Crippen LogP) is 2.80. The average molecular weight is 471 g/mol. The summed E-state index contributed by atoms with van der Waals surface area (Å²) in [4.78, 5) is 4.27. The second-order valence-corrected chi connectivity index (χ2v) is 7.84. The van der Waals surface area contributed by atoms with Gasteiger partial charge in [0.15, 0.2) is 15.8 Å². The first kappa shape index (κ1) is 23.1. The largest absolute Gasteiger partial charge is 0.357 e. The monoisotopic (exact) mass is 471 g/mol. The highest BCUT2D eigenvalue weighted by Crippen LogP contribution is 2.16. The van der Waals surface area contributed by atoms with Crippen LogP contribution in [0.3, 0.4) is 0 Å². The Labute approximate surface area is 161 Å². The molecule has 0 aromatic heterocycles. The van der Waals surface area contributed by atoms with Crippen molar-refractivity contribution in [2.45, 2.75) is 33.7 Å². The molecule has 0 bridgehead atoms.